The highest BCUT2D eigenvalue weighted by molar-refractivity contribution is 6.14. The smallest absolute Gasteiger partial charge is 0.342 e. The minimum absolute atomic E-state index is 0.0122. The van der Waals surface area contributed by atoms with Crippen molar-refractivity contribution in [1.29, 1.82) is 0 Å². The summed E-state index contributed by atoms with van der Waals surface area (Å²) in [6, 6.07) is 0. The van der Waals surface area contributed by atoms with Crippen LogP contribution in [0.3, 0.4) is 0 Å². The van der Waals surface area contributed by atoms with Gasteiger partial charge in [0, 0.05) is 17.6 Å². The average Bonchev–Trinajstić information content (AvgIpc) is 2.92. The maximum Gasteiger partial charge on any atom is 0.342 e. The molecule has 0 radical (unpaired) electrons. The molecule has 0 amide bonds. The molecule has 2 heterocycles. The summed E-state index contributed by atoms with van der Waals surface area (Å²) in [6.45, 7) is 5.59. The van der Waals surface area contributed by atoms with Crippen LogP contribution in [0.2, 0.25) is 0 Å². The van der Waals surface area contributed by atoms with Crippen molar-refractivity contribution in [2.24, 2.45) is 17.3 Å². The third-order valence-electron chi connectivity index (χ3n) is 5.47. The third kappa shape index (κ3) is 2.32. The molecule has 128 valence electrons. The molecule has 1 fully saturated rings. The van der Waals surface area contributed by atoms with Crippen molar-refractivity contribution in [2.75, 3.05) is 0 Å². The number of cyclic esters (lactones) is 4. The van der Waals surface area contributed by atoms with Gasteiger partial charge >= 0.3 is 23.9 Å². The first-order valence-electron chi connectivity index (χ1n) is 8.29. The highest BCUT2D eigenvalue weighted by Crippen LogP contribution is 2.47. The minimum Gasteiger partial charge on any atom is -0.389 e. The van der Waals surface area contributed by atoms with Gasteiger partial charge in [0.25, 0.3) is 0 Å². The number of carbonyl (C=O) groups is 4. The Kier molecular flexibility index (Phi) is 3.94. The first-order chi connectivity index (χ1) is 11.3. The van der Waals surface area contributed by atoms with Gasteiger partial charge in [0.15, 0.2) is 0 Å². The van der Waals surface area contributed by atoms with Gasteiger partial charge in [-0.25, -0.2) is 14.4 Å². The van der Waals surface area contributed by atoms with E-state index in [4.69, 9.17) is 9.47 Å². The van der Waals surface area contributed by atoms with E-state index in [9.17, 15) is 19.2 Å². The van der Waals surface area contributed by atoms with Gasteiger partial charge in [-0.3, -0.25) is 4.79 Å². The summed E-state index contributed by atoms with van der Waals surface area (Å²) in [5.74, 6) is -2.59. The van der Waals surface area contributed by atoms with Gasteiger partial charge in [0.2, 0.25) is 0 Å². The van der Waals surface area contributed by atoms with E-state index in [0.717, 1.165) is 12.8 Å². The van der Waals surface area contributed by atoms with Crippen LogP contribution in [0.1, 0.15) is 46.5 Å². The maximum absolute atomic E-state index is 12.3. The lowest BCUT2D eigenvalue weighted by Crippen LogP contribution is -2.27. The van der Waals surface area contributed by atoms with Crippen molar-refractivity contribution in [3.05, 3.63) is 22.8 Å². The predicted molar refractivity (Wildman–Crippen MR) is 82.2 cm³/mol. The molecule has 6 nitrogen and oxygen atoms in total. The van der Waals surface area contributed by atoms with E-state index in [1.165, 1.54) is 0 Å². The third-order valence-corrected chi connectivity index (χ3v) is 5.47. The van der Waals surface area contributed by atoms with E-state index < -0.39 is 29.3 Å². The standard InChI is InChI=1S/C18H20O6/c1-4-9-6-11-12(15(20)23-14(11)19)8-18(3)13(7-10(9)5-2)16(21)24-17(18)22/h7,9-10H,4-6,8H2,1-3H3/b13-7-/t9-,10+,18+/m0/s1. The van der Waals surface area contributed by atoms with Gasteiger partial charge in [0.05, 0.1) is 5.57 Å². The Morgan fingerprint density at radius 1 is 1.00 bits per heavy atom. The second-order valence-electron chi connectivity index (χ2n) is 6.84. The van der Waals surface area contributed by atoms with Crippen molar-refractivity contribution < 1.29 is 28.7 Å². The monoisotopic (exact) mass is 332 g/mol. The summed E-state index contributed by atoms with van der Waals surface area (Å²) in [6.07, 6.45) is 3.72. The van der Waals surface area contributed by atoms with Crippen LogP contribution in [-0.4, -0.2) is 23.9 Å². The van der Waals surface area contributed by atoms with E-state index in [0.29, 0.717) is 17.6 Å². The molecular formula is C18H20O6. The summed E-state index contributed by atoms with van der Waals surface area (Å²) in [5, 5.41) is 0. The fourth-order valence-electron chi connectivity index (χ4n) is 3.86. The minimum atomic E-state index is -1.25. The first kappa shape index (κ1) is 16.6. The predicted octanol–water partition coefficient (Wildman–Crippen LogP) is 2.23. The van der Waals surface area contributed by atoms with Crippen molar-refractivity contribution in [3.63, 3.8) is 0 Å². The molecule has 24 heavy (non-hydrogen) atoms. The lowest BCUT2D eigenvalue weighted by atomic mass is 9.76. The Hall–Kier alpha value is -2.24. The van der Waals surface area contributed by atoms with Crippen LogP contribution in [0.25, 0.3) is 0 Å². The summed E-state index contributed by atoms with van der Waals surface area (Å²) in [5.41, 5.74) is -0.417. The van der Waals surface area contributed by atoms with E-state index >= 15 is 0 Å². The number of fused-ring (bicyclic) bond motifs is 1. The Bertz CT molecular complexity index is 713. The number of carbonyl (C=O) groups excluding carboxylic acids is 4. The van der Waals surface area contributed by atoms with Gasteiger partial charge < -0.3 is 9.47 Å². The van der Waals surface area contributed by atoms with Crippen molar-refractivity contribution in [1.82, 2.24) is 0 Å². The van der Waals surface area contributed by atoms with Crippen LogP contribution in [-0.2, 0) is 28.7 Å². The fourth-order valence-corrected chi connectivity index (χ4v) is 3.86. The Morgan fingerprint density at radius 2 is 1.67 bits per heavy atom. The molecule has 1 saturated heterocycles. The molecule has 0 aromatic rings. The second kappa shape index (κ2) is 5.69. The number of allylic oxidation sites excluding steroid dienone is 1. The second-order valence-corrected chi connectivity index (χ2v) is 6.84. The van der Waals surface area contributed by atoms with Crippen molar-refractivity contribution in [2.45, 2.75) is 46.5 Å². The van der Waals surface area contributed by atoms with Crippen LogP contribution in [0.4, 0.5) is 0 Å². The molecule has 0 N–H and O–H groups in total. The lowest BCUT2D eigenvalue weighted by molar-refractivity contribution is -0.154. The number of hydrogen-bond donors (Lipinski definition) is 0. The van der Waals surface area contributed by atoms with Crippen LogP contribution < -0.4 is 0 Å². The molecular weight excluding hydrogens is 312 g/mol. The van der Waals surface area contributed by atoms with E-state index in [2.05, 4.69) is 0 Å². The van der Waals surface area contributed by atoms with E-state index in [-0.39, 0.29) is 23.8 Å². The van der Waals surface area contributed by atoms with Crippen LogP contribution >= 0.6 is 0 Å². The quantitative estimate of drug-likeness (QED) is 0.569. The zero-order chi connectivity index (χ0) is 17.6. The normalized spacial score (nSPS) is 35.4. The molecule has 1 aliphatic carbocycles. The maximum atomic E-state index is 12.3. The number of ether oxygens (including phenoxy) is 2. The zero-order valence-corrected chi connectivity index (χ0v) is 14.0. The van der Waals surface area contributed by atoms with E-state index in [1.54, 1.807) is 6.92 Å². The molecule has 0 aromatic heterocycles. The molecule has 0 saturated carbocycles. The van der Waals surface area contributed by atoms with E-state index in [1.807, 2.05) is 19.9 Å². The molecule has 2 aliphatic heterocycles. The largest absolute Gasteiger partial charge is 0.389 e. The fraction of sp³-hybridized carbons (Fsp3) is 0.556. The SMILES string of the molecule is CC[C@H]1CC2=C(C[C@@]3(C)C(=O)OC(=O)/C3=C/[C@H]1CC)C(=O)OC2=O. The summed E-state index contributed by atoms with van der Waals surface area (Å²) >= 11 is 0. The molecule has 6 heteroatoms. The Balaban J connectivity index is 2.20. The topological polar surface area (TPSA) is 86.7 Å². The van der Waals surface area contributed by atoms with Gasteiger partial charge in [0.1, 0.15) is 5.41 Å². The average molecular weight is 332 g/mol. The Morgan fingerprint density at radius 3 is 2.29 bits per heavy atom. The summed E-state index contributed by atoms with van der Waals surface area (Å²) in [4.78, 5) is 48.7. The highest BCUT2D eigenvalue weighted by Gasteiger charge is 2.53. The van der Waals surface area contributed by atoms with Crippen molar-refractivity contribution >= 4 is 23.9 Å². The van der Waals surface area contributed by atoms with Crippen LogP contribution in [0, 0.1) is 17.3 Å². The molecule has 3 aliphatic rings. The Labute approximate surface area is 139 Å². The summed E-state index contributed by atoms with van der Waals surface area (Å²) < 4.78 is 9.60. The molecule has 0 spiro atoms. The number of rotatable bonds is 2. The van der Waals surface area contributed by atoms with Crippen LogP contribution in [0.5, 0.6) is 0 Å². The first-order valence-corrected chi connectivity index (χ1v) is 8.29. The van der Waals surface area contributed by atoms with Gasteiger partial charge in [-0.1, -0.05) is 26.3 Å². The zero-order valence-electron chi connectivity index (χ0n) is 14.0. The van der Waals surface area contributed by atoms with Crippen LogP contribution in [0.15, 0.2) is 22.8 Å². The molecule has 3 rings (SSSR count). The molecule has 0 bridgehead atoms. The molecule has 3 atom stereocenters. The number of hydrogen-bond acceptors (Lipinski definition) is 6. The van der Waals surface area contributed by atoms with Gasteiger partial charge in [-0.05, 0) is 31.6 Å². The van der Waals surface area contributed by atoms with Gasteiger partial charge in [-0.15, -0.1) is 0 Å². The summed E-state index contributed by atoms with van der Waals surface area (Å²) in [7, 11) is 0. The molecule has 0 unspecified atom stereocenters. The van der Waals surface area contributed by atoms with Crippen molar-refractivity contribution in [3.8, 4) is 0 Å². The number of esters is 4. The highest BCUT2D eigenvalue weighted by atomic mass is 16.6. The van der Waals surface area contributed by atoms with Gasteiger partial charge in [-0.2, -0.15) is 0 Å². The lowest BCUT2D eigenvalue weighted by Gasteiger charge is -2.23. The molecule has 0 aromatic carbocycles.